The van der Waals surface area contributed by atoms with Crippen LogP contribution in [0.1, 0.15) is 5.56 Å². The van der Waals surface area contributed by atoms with Gasteiger partial charge in [0.05, 0.1) is 23.9 Å². The van der Waals surface area contributed by atoms with Crippen LogP contribution in [0.15, 0.2) is 112 Å². The highest BCUT2D eigenvalue weighted by atomic mass is 16.3. The fourth-order valence-corrected chi connectivity index (χ4v) is 5.94. The van der Waals surface area contributed by atoms with E-state index in [1.54, 1.807) is 6.26 Å². The summed E-state index contributed by atoms with van der Waals surface area (Å²) in [6.45, 7) is 9.80. The van der Waals surface area contributed by atoms with Crippen molar-refractivity contribution < 1.29 is 8.83 Å². The van der Waals surface area contributed by atoms with Crippen molar-refractivity contribution in [3.63, 3.8) is 0 Å². The van der Waals surface area contributed by atoms with Crippen LogP contribution in [-0.4, -0.2) is 4.57 Å². The predicted molar refractivity (Wildman–Crippen MR) is 154 cm³/mol. The molecule has 0 radical (unpaired) electrons. The minimum absolute atomic E-state index is 0.632. The van der Waals surface area contributed by atoms with Crippen molar-refractivity contribution in [3.8, 4) is 16.8 Å². The number of rotatable bonds is 2. The maximum Gasteiger partial charge on any atom is 0.188 e. The molecule has 8 rings (SSSR count). The van der Waals surface area contributed by atoms with Gasteiger partial charge >= 0.3 is 0 Å². The third kappa shape index (κ3) is 2.84. The van der Waals surface area contributed by atoms with Crippen LogP contribution in [0.5, 0.6) is 0 Å². The normalized spacial score (nSPS) is 11.8. The van der Waals surface area contributed by atoms with Crippen molar-refractivity contribution in [1.82, 2.24) is 4.57 Å². The second-order valence-corrected chi connectivity index (χ2v) is 9.76. The molecule has 3 heterocycles. The van der Waals surface area contributed by atoms with E-state index < -0.39 is 0 Å². The molecule has 0 fully saturated rings. The lowest BCUT2D eigenvalue weighted by Gasteiger charge is -2.12. The summed E-state index contributed by atoms with van der Waals surface area (Å²) in [6.07, 6.45) is 1.72. The van der Waals surface area contributed by atoms with Crippen LogP contribution < -0.4 is 0 Å². The van der Waals surface area contributed by atoms with E-state index in [1.165, 1.54) is 0 Å². The Morgan fingerprint density at radius 2 is 1.63 bits per heavy atom. The Balaban J connectivity index is 1.48. The maximum atomic E-state index is 7.64. The van der Waals surface area contributed by atoms with Gasteiger partial charge in [0.25, 0.3) is 0 Å². The number of hydrogen-bond acceptors (Lipinski definition) is 2. The van der Waals surface area contributed by atoms with Crippen molar-refractivity contribution in [2.45, 2.75) is 6.92 Å². The molecule has 0 saturated carbocycles. The van der Waals surface area contributed by atoms with Gasteiger partial charge in [0.2, 0.25) is 0 Å². The summed E-state index contributed by atoms with van der Waals surface area (Å²) in [6, 6.07) is 33.2. The molecule has 38 heavy (non-hydrogen) atoms. The highest BCUT2D eigenvalue weighted by Crippen LogP contribution is 2.42. The number of furan rings is 2. The fourth-order valence-electron chi connectivity index (χ4n) is 5.94. The Kier molecular flexibility index (Phi) is 4.18. The Hall–Kier alpha value is -5.27. The third-order valence-corrected chi connectivity index (χ3v) is 7.57. The van der Waals surface area contributed by atoms with Gasteiger partial charge < -0.3 is 13.4 Å². The SMILES string of the molecule is [C-]#[N+]c1ccc2c(c1)c1cc(-c3cccc4oc5ccccc5c34)cc(C)c1n2-c1ccc2occc2c1. The van der Waals surface area contributed by atoms with Gasteiger partial charge in [-0.25, -0.2) is 4.85 Å². The summed E-state index contributed by atoms with van der Waals surface area (Å²) in [4.78, 5) is 3.73. The van der Waals surface area contributed by atoms with Crippen LogP contribution in [0.2, 0.25) is 0 Å². The number of para-hydroxylation sites is 1. The van der Waals surface area contributed by atoms with Crippen molar-refractivity contribution in [2.24, 2.45) is 0 Å². The largest absolute Gasteiger partial charge is 0.464 e. The van der Waals surface area contributed by atoms with Crippen LogP contribution in [0.4, 0.5) is 5.69 Å². The molecule has 0 amide bonds. The molecule has 0 atom stereocenters. The van der Waals surface area contributed by atoms with Gasteiger partial charge in [-0.3, -0.25) is 0 Å². The van der Waals surface area contributed by atoms with Gasteiger partial charge in [0.1, 0.15) is 16.7 Å². The predicted octanol–water partition coefficient (Wildman–Crippen LogP) is 9.96. The first-order valence-corrected chi connectivity index (χ1v) is 12.5. The first-order chi connectivity index (χ1) is 18.7. The second kappa shape index (κ2) is 7.61. The summed E-state index contributed by atoms with van der Waals surface area (Å²) in [7, 11) is 0. The number of aromatic nitrogens is 1. The Labute approximate surface area is 217 Å². The minimum atomic E-state index is 0.632. The van der Waals surface area contributed by atoms with Gasteiger partial charge in [-0.05, 0) is 89.7 Å². The molecule has 0 spiro atoms. The molecule has 8 aromatic rings. The molecule has 0 bridgehead atoms. The fraction of sp³-hybridized carbons (Fsp3) is 0.0294. The number of fused-ring (bicyclic) bond motifs is 7. The number of benzene rings is 5. The standard InChI is InChI=1S/C34H20N2O2/c1-20-16-22(25-7-5-9-32-33(25)26-6-3-4-8-31(26)38-32)18-28-27-19-23(35-2)10-12-29(27)36(34(20)28)24-11-13-30-21(17-24)14-15-37-30/h3-19H,1H3. The van der Waals surface area contributed by atoms with Crippen LogP contribution in [0.3, 0.4) is 0 Å². The van der Waals surface area contributed by atoms with Crippen LogP contribution >= 0.6 is 0 Å². The number of aryl methyl sites for hydroxylation is 1. The highest BCUT2D eigenvalue weighted by Gasteiger charge is 2.19. The third-order valence-electron chi connectivity index (χ3n) is 7.57. The van der Waals surface area contributed by atoms with Crippen molar-refractivity contribution >= 4 is 60.4 Å². The summed E-state index contributed by atoms with van der Waals surface area (Å²) >= 11 is 0. The summed E-state index contributed by atoms with van der Waals surface area (Å²) in [5.41, 5.74) is 9.97. The van der Waals surface area contributed by atoms with Crippen molar-refractivity contribution in [2.75, 3.05) is 0 Å². The molecule has 0 saturated heterocycles. The molecular weight excluding hydrogens is 468 g/mol. The summed E-state index contributed by atoms with van der Waals surface area (Å²) in [5.74, 6) is 0. The topological polar surface area (TPSA) is 35.6 Å². The molecule has 5 aromatic carbocycles. The zero-order chi connectivity index (χ0) is 25.4. The molecule has 4 heteroatoms. The van der Waals surface area contributed by atoms with E-state index in [9.17, 15) is 0 Å². The smallest absolute Gasteiger partial charge is 0.188 e. The average Bonchev–Trinajstić information content (AvgIpc) is 3.66. The summed E-state index contributed by atoms with van der Waals surface area (Å²) in [5, 5.41) is 5.48. The van der Waals surface area contributed by atoms with Gasteiger partial charge in [-0.1, -0.05) is 36.4 Å². The maximum absolute atomic E-state index is 7.64. The summed E-state index contributed by atoms with van der Waals surface area (Å²) < 4.78 is 14.1. The highest BCUT2D eigenvalue weighted by molar-refractivity contribution is 6.16. The molecule has 0 unspecified atom stereocenters. The Bertz CT molecular complexity index is 2270. The average molecular weight is 489 g/mol. The second-order valence-electron chi connectivity index (χ2n) is 9.76. The van der Waals surface area contributed by atoms with E-state index in [0.717, 1.165) is 77.1 Å². The molecule has 0 aliphatic carbocycles. The van der Waals surface area contributed by atoms with Crippen LogP contribution in [0.25, 0.3) is 76.4 Å². The molecule has 0 N–H and O–H groups in total. The minimum Gasteiger partial charge on any atom is -0.464 e. The van der Waals surface area contributed by atoms with E-state index >= 15 is 0 Å². The van der Waals surface area contributed by atoms with E-state index in [2.05, 4.69) is 70.9 Å². The molecular formula is C34H20N2O2. The van der Waals surface area contributed by atoms with E-state index in [1.807, 2.05) is 42.5 Å². The van der Waals surface area contributed by atoms with E-state index in [0.29, 0.717) is 5.69 Å². The molecule has 178 valence electrons. The van der Waals surface area contributed by atoms with Crippen molar-refractivity contribution in [1.29, 1.82) is 0 Å². The molecule has 4 nitrogen and oxygen atoms in total. The van der Waals surface area contributed by atoms with E-state index in [4.69, 9.17) is 15.4 Å². The van der Waals surface area contributed by atoms with Gasteiger partial charge in [-0.2, -0.15) is 0 Å². The lowest BCUT2D eigenvalue weighted by atomic mass is 9.96. The molecule has 0 aliphatic heterocycles. The monoisotopic (exact) mass is 488 g/mol. The first-order valence-electron chi connectivity index (χ1n) is 12.5. The van der Waals surface area contributed by atoms with Gasteiger partial charge in [-0.15, -0.1) is 0 Å². The first kappa shape index (κ1) is 20.9. The molecule has 3 aromatic heterocycles. The van der Waals surface area contributed by atoms with Crippen molar-refractivity contribution in [3.05, 3.63) is 120 Å². The lowest BCUT2D eigenvalue weighted by molar-refractivity contribution is 0.616. The lowest BCUT2D eigenvalue weighted by Crippen LogP contribution is -1.95. The number of hydrogen-bond donors (Lipinski definition) is 0. The Morgan fingerprint density at radius 1 is 0.737 bits per heavy atom. The number of nitrogens with zero attached hydrogens (tertiary/aromatic N) is 2. The van der Waals surface area contributed by atoms with Gasteiger partial charge in [0, 0.05) is 27.2 Å². The van der Waals surface area contributed by atoms with E-state index in [-0.39, 0.29) is 0 Å². The van der Waals surface area contributed by atoms with Crippen LogP contribution in [-0.2, 0) is 0 Å². The molecule has 0 aliphatic rings. The van der Waals surface area contributed by atoms with Gasteiger partial charge in [0.15, 0.2) is 5.69 Å². The quantitative estimate of drug-likeness (QED) is 0.227. The zero-order valence-corrected chi connectivity index (χ0v) is 20.5. The Morgan fingerprint density at radius 3 is 2.55 bits per heavy atom. The van der Waals surface area contributed by atoms with Crippen LogP contribution in [0, 0.1) is 13.5 Å². The zero-order valence-electron chi connectivity index (χ0n) is 20.5.